The van der Waals surface area contributed by atoms with Crippen molar-refractivity contribution in [2.24, 2.45) is 0 Å². The maximum atomic E-state index is 6.49. The summed E-state index contributed by atoms with van der Waals surface area (Å²) < 4.78 is 13.0. The fraction of sp³-hybridized carbons (Fsp3) is 0.385. The number of aryl methyl sites for hydroxylation is 2. The van der Waals surface area contributed by atoms with Gasteiger partial charge < -0.3 is 14.4 Å². The zero-order valence-electron chi connectivity index (χ0n) is 17.7. The van der Waals surface area contributed by atoms with Crippen LogP contribution in [0.1, 0.15) is 54.1 Å². The van der Waals surface area contributed by atoms with E-state index in [9.17, 15) is 0 Å². The van der Waals surface area contributed by atoms with Gasteiger partial charge in [-0.3, -0.25) is 0 Å². The molecule has 0 radical (unpaired) electrons. The summed E-state index contributed by atoms with van der Waals surface area (Å²) in [6.07, 6.45) is 8.12. The van der Waals surface area contributed by atoms with Crippen LogP contribution in [0.4, 0.5) is 0 Å². The molecule has 150 valence electrons. The number of hydrogen-bond donors (Lipinski definition) is 0. The minimum Gasteiger partial charge on any atom is -0.361 e. The summed E-state index contributed by atoms with van der Waals surface area (Å²) in [6.45, 7) is 9.35. The minimum atomic E-state index is -0.695. The molecule has 3 heterocycles. The van der Waals surface area contributed by atoms with Crippen LogP contribution in [0.25, 0.3) is 5.57 Å². The third-order valence-corrected chi connectivity index (χ3v) is 6.36. The molecule has 3 unspecified atom stereocenters. The average Bonchev–Trinajstić information content (AvgIpc) is 2.67. The second-order valence-electron chi connectivity index (χ2n) is 8.81. The molecule has 1 saturated heterocycles. The first-order valence-corrected chi connectivity index (χ1v) is 10.6. The lowest BCUT2D eigenvalue weighted by Crippen LogP contribution is -2.54. The Kier molecular flexibility index (Phi) is 4.41. The van der Waals surface area contributed by atoms with E-state index in [0.717, 1.165) is 6.42 Å². The van der Waals surface area contributed by atoms with Crippen LogP contribution in [0.15, 0.2) is 60.8 Å². The quantitative estimate of drug-likeness (QED) is 0.632. The lowest BCUT2D eigenvalue weighted by atomic mass is 9.84. The van der Waals surface area contributed by atoms with Crippen LogP contribution in [0.2, 0.25) is 0 Å². The van der Waals surface area contributed by atoms with E-state index >= 15 is 0 Å². The highest BCUT2D eigenvalue weighted by Gasteiger charge is 2.49. The number of benzene rings is 2. The number of ether oxygens (including phenoxy) is 2. The SMILES string of the molecule is Cc1ccc(C2=CC3c4ccccc4C4(CN3C=C2)OC(C)CC(C)O4)c(C)c1. The third kappa shape index (κ3) is 3.13. The van der Waals surface area contributed by atoms with Gasteiger partial charge in [0.25, 0.3) is 0 Å². The van der Waals surface area contributed by atoms with E-state index in [-0.39, 0.29) is 18.2 Å². The molecule has 1 spiro atoms. The van der Waals surface area contributed by atoms with Crippen LogP contribution in [0.5, 0.6) is 0 Å². The topological polar surface area (TPSA) is 21.7 Å². The van der Waals surface area contributed by atoms with Crippen LogP contribution in [-0.2, 0) is 15.3 Å². The molecule has 0 aromatic heterocycles. The molecular formula is C26H29NO2. The highest BCUT2D eigenvalue weighted by Crippen LogP contribution is 2.47. The molecular weight excluding hydrogens is 358 g/mol. The molecule has 1 fully saturated rings. The van der Waals surface area contributed by atoms with Gasteiger partial charge in [-0.1, -0.05) is 48.0 Å². The van der Waals surface area contributed by atoms with Crippen molar-refractivity contribution in [2.45, 2.75) is 58.2 Å². The van der Waals surface area contributed by atoms with Crippen molar-refractivity contribution >= 4 is 5.57 Å². The minimum absolute atomic E-state index is 0.179. The van der Waals surface area contributed by atoms with Crippen LogP contribution in [0.3, 0.4) is 0 Å². The van der Waals surface area contributed by atoms with Crippen LogP contribution >= 0.6 is 0 Å². The molecule has 0 saturated carbocycles. The van der Waals surface area contributed by atoms with Gasteiger partial charge in [0.05, 0.1) is 24.8 Å². The second kappa shape index (κ2) is 6.86. The van der Waals surface area contributed by atoms with Gasteiger partial charge in [0.15, 0.2) is 0 Å². The van der Waals surface area contributed by atoms with Gasteiger partial charge >= 0.3 is 0 Å². The summed E-state index contributed by atoms with van der Waals surface area (Å²) in [5, 5.41) is 0. The molecule has 3 nitrogen and oxygen atoms in total. The number of nitrogens with zero attached hydrogens (tertiary/aromatic N) is 1. The van der Waals surface area contributed by atoms with Crippen molar-refractivity contribution in [2.75, 3.05) is 6.54 Å². The van der Waals surface area contributed by atoms with Gasteiger partial charge in [-0.05, 0) is 68.5 Å². The molecule has 3 aliphatic heterocycles. The summed E-state index contributed by atoms with van der Waals surface area (Å²) in [5.74, 6) is -0.695. The van der Waals surface area contributed by atoms with Crippen molar-refractivity contribution in [3.8, 4) is 0 Å². The standard InChI is InChI=1S/C26H29NO2/c1-17-9-10-22(18(2)13-17)21-11-12-27-16-26(28-19(3)14-20(4)29-26)24-8-6-5-7-23(24)25(27)15-21/h5-13,15,19-20,25H,14,16H2,1-4H3. The third-order valence-electron chi connectivity index (χ3n) is 6.36. The van der Waals surface area contributed by atoms with Crippen molar-refractivity contribution in [3.63, 3.8) is 0 Å². The van der Waals surface area contributed by atoms with Gasteiger partial charge in [0, 0.05) is 11.8 Å². The Bertz CT molecular complexity index is 996. The summed E-state index contributed by atoms with van der Waals surface area (Å²) in [5.41, 5.74) is 7.64. The zero-order valence-corrected chi connectivity index (χ0v) is 17.7. The van der Waals surface area contributed by atoms with Crippen molar-refractivity contribution in [3.05, 3.63) is 88.6 Å². The molecule has 2 aromatic carbocycles. The Morgan fingerprint density at radius 2 is 1.76 bits per heavy atom. The fourth-order valence-corrected chi connectivity index (χ4v) is 5.20. The smallest absolute Gasteiger partial charge is 0.213 e. The van der Waals surface area contributed by atoms with Crippen LogP contribution in [-0.4, -0.2) is 23.7 Å². The van der Waals surface area contributed by atoms with Crippen molar-refractivity contribution in [1.29, 1.82) is 0 Å². The molecule has 3 aliphatic rings. The maximum Gasteiger partial charge on any atom is 0.213 e. The van der Waals surface area contributed by atoms with Crippen LogP contribution < -0.4 is 0 Å². The van der Waals surface area contributed by atoms with Gasteiger partial charge in [-0.15, -0.1) is 0 Å². The van der Waals surface area contributed by atoms with E-state index in [1.165, 1.54) is 33.4 Å². The lowest BCUT2D eigenvalue weighted by Gasteiger charge is -2.51. The maximum absolute atomic E-state index is 6.49. The molecule has 0 aliphatic carbocycles. The number of rotatable bonds is 1. The largest absolute Gasteiger partial charge is 0.361 e. The molecule has 5 rings (SSSR count). The highest BCUT2D eigenvalue weighted by molar-refractivity contribution is 5.78. The molecule has 3 heteroatoms. The molecule has 29 heavy (non-hydrogen) atoms. The Morgan fingerprint density at radius 3 is 2.52 bits per heavy atom. The summed E-state index contributed by atoms with van der Waals surface area (Å²) in [6, 6.07) is 15.5. The van der Waals surface area contributed by atoms with Crippen LogP contribution in [0, 0.1) is 13.8 Å². The Labute approximate surface area is 173 Å². The Hall–Kier alpha value is -2.36. The van der Waals surface area contributed by atoms with E-state index in [1.54, 1.807) is 0 Å². The number of hydrogen-bond acceptors (Lipinski definition) is 3. The monoisotopic (exact) mass is 387 g/mol. The molecule has 0 bridgehead atoms. The predicted octanol–water partition coefficient (Wildman–Crippen LogP) is 5.64. The second-order valence-corrected chi connectivity index (χ2v) is 8.81. The van der Waals surface area contributed by atoms with Gasteiger partial charge in [0.1, 0.15) is 0 Å². The molecule has 0 N–H and O–H groups in total. The van der Waals surface area contributed by atoms with E-state index in [0.29, 0.717) is 6.54 Å². The van der Waals surface area contributed by atoms with Gasteiger partial charge in [-0.2, -0.15) is 0 Å². The average molecular weight is 388 g/mol. The van der Waals surface area contributed by atoms with Crippen molar-refractivity contribution in [1.82, 2.24) is 4.90 Å². The summed E-state index contributed by atoms with van der Waals surface area (Å²) >= 11 is 0. The Balaban J connectivity index is 1.59. The molecule has 2 aromatic rings. The highest BCUT2D eigenvalue weighted by atomic mass is 16.7. The van der Waals surface area contributed by atoms with E-state index in [4.69, 9.17) is 9.47 Å². The number of allylic oxidation sites excluding steroid dienone is 2. The van der Waals surface area contributed by atoms with E-state index in [1.807, 2.05) is 0 Å². The zero-order chi connectivity index (χ0) is 20.2. The lowest BCUT2D eigenvalue weighted by molar-refractivity contribution is -0.329. The van der Waals surface area contributed by atoms with E-state index < -0.39 is 5.79 Å². The predicted molar refractivity (Wildman–Crippen MR) is 116 cm³/mol. The first-order valence-electron chi connectivity index (χ1n) is 10.6. The summed E-state index contributed by atoms with van der Waals surface area (Å²) in [4.78, 5) is 2.36. The van der Waals surface area contributed by atoms with Gasteiger partial charge in [0.2, 0.25) is 5.79 Å². The van der Waals surface area contributed by atoms with Gasteiger partial charge in [-0.25, -0.2) is 0 Å². The van der Waals surface area contributed by atoms with Crippen molar-refractivity contribution < 1.29 is 9.47 Å². The van der Waals surface area contributed by atoms with E-state index in [2.05, 4.69) is 93.4 Å². The summed E-state index contributed by atoms with van der Waals surface area (Å²) in [7, 11) is 0. The molecule has 0 amide bonds. The molecule has 3 atom stereocenters. The Morgan fingerprint density at radius 1 is 1.00 bits per heavy atom. The first kappa shape index (κ1) is 18.7. The first-order chi connectivity index (χ1) is 13.9. The number of fused-ring (bicyclic) bond motifs is 4. The fourth-order valence-electron chi connectivity index (χ4n) is 5.20. The normalized spacial score (nSPS) is 30.7.